The summed E-state index contributed by atoms with van der Waals surface area (Å²) in [5, 5.41) is 30.2. The lowest BCUT2D eigenvalue weighted by atomic mass is 10.0. The first-order valence-electron chi connectivity index (χ1n) is 14.2. The van der Waals surface area contributed by atoms with Gasteiger partial charge in [-0.1, -0.05) is 84.5 Å². The summed E-state index contributed by atoms with van der Waals surface area (Å²) in [7, 11) is 0. The summed E-state index contributed by atoms with van der Waals surface area (Å²) >= 11 is 3.21. The molecule has 2 aromatic carbocycles. The minimum atomic E-state index is -0.546. The number of thioether (sulfide) groups is 1. The van der Waals surface area contributed by atoms with Crippen LogP contribution >= 0.6 is 23.1 Å². The highest BCUT2D eigenvalue weighted by molar-refractivity contribution is 8.01. The Morgan fingerprint density at radius 3 is 2.24 bits per heavy atom. The minimum Gasteiger partial charge on any atom is -0.392 e. The van der Waals surface area contributed by atoms with Crippen LogP contribution in [0.4, 0.5) is 0 Å². The van der Waals surface area contributed by atoms with Crippen molar-refractivity contribution in [3.05, 3.63) is 75.8 Å². The molecule has 1 aliphatic rings. The Hall–Kier alpha value is -2.87. The van der Waals surface area contributed by atoms with Gasteiger partial charge in [-0.2, -0.15) is 0 Å². The molecule has 0 radical (unpaired) electrons. The van der Waals surface area contributed by atoms with E-state index in [9.17, 15) is 14.7 Å². The number of hydrogen-bond donors (Lipinski definition) is 4. The average molecular weight is 615 g/mol. The van der Waals surface area contributed by atoms with E-state index in [1.165, 1.54) is 0 Å². The molecule has 42 heavy (non-hydrogen) atoms. The van der Waals surface area contributed by atoms with Gasteiger partial charge in [0.05, 0.1) is 18.8 Å². The minimum absolute atomic E-state index is 0.00172. The Kier molecular flexibility index (Phi) is 12.7. The highest BCUT2D eigenvalue weighted by atomic mass is 32.2. The first kappa shape index (κ1) is 32.1. The number of ether oxygens (including phenoxy) is 2. The van der Waals surface area contributed by atoms with E-state index in [2.05, 4.69) is 15.5 Å². The Morgan fingerprint density at radius 2 is 1.60 bits per heavy atom. The predicted octanol–water partition coefficient (Wildman–Crippen LogP) is 5.14. The van der Waals surface area contributed by atoms with Crippen molar-refractivity contribution in [1.29, 1.82) is 0 Å². The molecule has 226 valence electrons. The Bertz CT molecular complexity index is 1270. The van der Waals surface area contributed by atoms with Crippen LogP contribution in [0.25, 0.3) is 0 Å². The van der Waals surface area contributed by atoms with Gasteiger partial charge < -0.3 is 19.9 Å². The molecule has 1 saturated heterocycles. The third-order valence-electron chi connectivity index (χ3n) is 6.94. The quantitative estimate of drug-likeness (QED) is 0.0792. The molecule has 3 atom stereocenters. The number of hydroxylamine groups is 1. The second kappa shape index (κ2) is 16.7. The Balaban J connectivity index is 1.30. The van der Waals surface area contributed by atoms with E-state index >= 15 is 0 Å². The molecule has 10 nitrogen and oxygen atoms in total. The van der Waals surface area contributed by atoms with Crippen LogP contribution in [0.5, 0.6) is 0 Å². The SMILES string of the molecule is Cc1nnc(SC[C@@H]2C[C@H](c3ccc(CO)cc3)O[C@H](c3ccc(CNC(=O)CCCCCCC(=O)NO)cc3)O2)s1. The predicted molar refractivity (Wildman–Crippen MR) is 160 cm³/mol. The number of aryl methyl sites for hydroxylation is 1. The molecule has 3 aromatic rings. The largest absolute Gasteiger partial charge is 0.392 e. The molecule has 1 aromatic heterocycles. The average Bonchev–Trinajstić information content (AvgIpc) is 3.45. The number of benzene rings is 2. The maximum absolute atomic E-state index is 12.3. The van der Waals surface area contributed by atoms with E-state index < -0.39 is 6.29 Å². The summed E-state index contributed by atoms with van der Waals surface area (Å²) in [6.45, 7) is 2.37. The summed E-state index contributed by atoms with van der Waals surface area (Å²) in [5.41, 5.74) is 5.40. The van der Waals surface area contributed by atoms with Crippen LogP contribution in [0.15, 0.2) is 52.9 Å². The highest BCUT2D eigenvalue weighted by Gasteiger charge is 2.32. The van der Waals surface area contributed by atoms with Gasteiger partial charge >= 0.3 is 0 Å². The number of nitrogens with one attached hydrogen (secondary N) is 2. The van der Waals surface area contributed by atoms with Crippen LogP contribution in [0, 0.1) is 6.92 Å². The first-order valence-corrected chi connectivity index (χ1v) is 16.0. The summed E-state index contributed by atoms with van der Waals surface area (Å²) in [6.07, 6.45) is 3.78. The molecule has 0 unspecified atom stereocenters. The van der Waals surface area contributed by atoms with Crippen LogP contribution in [-0.4, -0.2) is 44.2 Å². The lowest BCUT2D eigenvalue weighted by Crippen LogP contribution is -2.31. The molecule has 0 aliphatic carbocycles. The fourth-order valence-electron chi connectivity index (χ4n) is 4.59. The van der Waals surface area contributed by atoms with Gasteiger partial charge in [0, 0.05) is 37.1 Å². The number of carbonyl (C=O) groups excluding carboxylic acids is 2. The molecule has 2 heterocycles. The monoisotopic (exact) mass is 614 g/mol. The van der Waals surface area contributed by atoms with Crippen LogP contribution in [0.3, 0.4) is 0 Å². The van der Waals surface area contributed by atoms with Crippen molar-refractivity contribution in [2.75, 3.05) is 5.75 Å². The fourth-order valence-corrected chi connectivity index (χ4v) is 6.45. The van der Waals surface area contributed by atoms with Crippen LogP contribution < -0.4 is 10.8 Å². The van der Waals surface area contributed by atoms with Gasteiger partial charge in [0.2, 0.25) is 11.8 Å². The molecule has 0 spiro atoms. The Labute approximate surface area is 254 Å². The number of aliphatic hydroxyl groups is 1. The van der Waals surface area contributed by atoms with Crippen molar-refractivity contribution in [2.24, 2.45) is 0 Å². The molecule has 1 fully saturated rings. The van der Waals surface area contributed by atoms with Crippen molar-refractivity contribution < 1.29 is 29.4 Å². The standard InChI is InChI=1S/C30H38N4O6S2/c1-20-32-33-30(42-20)41-19-25-16-26(23-12-10-22(18-35)11-13-23)40-29(39-25)24-14-8-21(9-15-24)17-31-27(36)6-4-2-3-5-7-28(37)34-38/h8-15,25-26,29,35,38H,2-7,16-19H2,1H3,(H,31,36)(H,34,37)/t25-,26+,29+/m0/s1. The van der Waals surface area contributed by atoms with E-state index in [0.717, 1.165) is 56.6 Å². The second-order valence-corrected chi connectivity index (χ2v) is 12.7. The summed E-state index contributed by atoms with van der Waals surface area (Å²) in [6, 6.07) is 15.7. The molecule has 2 amide bonds. The first-order chi connectivity index (χ1) is 20.4. The number of aromatic nitrogens is 2. The molecule has 0 saturated carbocycles. The topological polar surface area (TPSA) is 143 Å². The van der Waals surface area contributed by atoms with E-state index in [4.69, 9.17) is 14.7 Å². The lowest BCUT2D eigenvalue weighted by Gasteiger charge is -2.36. The molecule has 4 N–H and O–H groups in total. The summed E-state index contributed by atoms with van der Waals surface area (Å²) < 4.78 is 13.7. The van der Waals surface area contributed by atoms with Gasteiger partial charge in [0.25, 0.3) is 0 Å². The second-order valence-electron chi connectivity index (χ2n) is 10.2. The van der Waals surface area contributed by atoms with E-state index in [1.807, 2.05) is 55.5 Å². The smallest absolute Gasteiger partial charge is 0.243 e. The molecular weight excluding hydrogens is 576 g/mol. The normalized spacial score (nSPS) is 18.5. The van der Waals surface area contributed by atoms with Gasteiger partial charge in [-0.3, -0.25) is 14.8 Å². The number of carbonyl (C=O) groups is 2. The molecule has 1 aliphatic heterocycles. The zero-order valence-corrected chi connectivity index (χ0v) is 25.3. The zero-order valence-electron chi connectivity index (χ0n) is 23.7. The third kappa shape index (κ3) is 10.1. The fraction of sp³-hybridized carbons (Fsp3) is 0.467. The van der Waals surface area contributed by atoms with Gasteiger partial charge in [-0.05, 0) is 36.5 Å². The van der Waals surface area contributed by atoms with Gasteiger partial charge in [0.15, 0.2) is 10.6 Å². The Morgan fingerprint density at radius 1 is 0.929 bits per heavy atom. The molecule has 0 bridgehead atoms. The van der Waals surface area contributed by atoms with Gasteiger partial charge in [0.1, 0.15) is 5.01 Å². The number of aliphatic hydroxyl groups excluding tert-OH is 1. The molecule has 4 rings (SSSR count). The highest BCUT2D eigenvalue weighted by Crippen LogP contribution is 2.39. The van der Waals surface area contributed by atoms with E-state index in [1.54, 1.807) is 28.6 Å². The van der Waals surface area contributed by atoms with Crippen LogP contribution in [-0.2, 0) is 32.2 Å². The summed E-state index contributed by atoms with van der Waals surface area (Å²) in [4.78, 5) is 23.3. The van der Waals surface area contributed by atoms with Crippen LogP contribution in [0.2, 0.25) is 0 Å². The third-order valence-corrected chi connectivity index (χ3v) is 9.04. The summed E-state index contributed by atoms with van der Waals surface area (Å²) in [5.74, 6) is 0.334. The van der Waals surface area contributed by atoms with Crippen molar-refractivity contribution in [3.63, 3.8) is 0 Å². The van der Waals surface area contributed by atoms with E-state index in [0.29, 0.717) is 25.8 Å². The molecular formula is C30H38N4O6S2. The zero-order chi connectivity index (χ0) is 29.7. The molecule has 12 heteroatoms. The van der Waals surface area contributed by atoms with Crippen molar-refractivity contribution in [2.45, 2.75) is 87.9 Å². The van der Waals surface area contributed by atoms with Gasteiger partial charge in [-0.25, -0.2) is 5.48 Å². The number of rotatable bonds is 15. The number of unbranched alkanes of at least 4 members (excludes halogenated alkanes) is 3. The van der Waals surface area contributed by atoms with E-state index in [-0.39, 0.29) is 37.0 Å². The van der Waals surface area contributed by atoms with Crippen LogP contribution in [0.1, 0.15) is 84.6 Å². The van der Waals surface area contributed by atoms with Crippen molar-refractivity contribution in [3.8, 4) is 0 Å². The number of hydrogen-bond acceptors (Lipinski definition) is 10. The maximum atomic E-state index is 12.3. The lowest BCUT2D eigenvalue weighted by molar-refractivity contribution is -0.245. The maximum Gasteiger partial charge on any atom is 0.243 e. The van der Waals surface area contributed by atoms with Crippen molar-refractivity contribution >= 4 is 34.9 Å². The number of amides is 2. The van der Waals surface area contributed by atoms with Gasteiger partial charge in [-0.15, -0.1) is 10.2 Å². The number of nitrogens with zero attached hydrogens (tertiary/aromatic N) is 2. The van der Waals surface area contributed by atoms with Crippen molar-refractivity contribution in [1.82, 2.24) is 21.0 Å².